The number of aromatic carboxylic acids is 1. The third-order valence-corrected chi connectivity index (χ3v) is 4.94. The molecule has 0 bridgehead atoms. The minimum atomic E-state index is -1.18. The molecule has 0 fully saturated rings. The Morgan fingerprint density at radius 1 is 1.24 bits per heavy atom. The van der Waals surface area contributed by atoms with Crippen molar-refractivity contribution in [2.45, 2.75) is 12.3 Å². The van der Waals surface area contributed by atoms with E-state index in [1.54, 1.807) is 12.1 Å². The van der Waals surface area contributed by atoms with Crippen LogP contribution in [-0.4, -0.2) is 42.7 Å². The van der Waals surface area contributed by atoms with Crippen molar-refractivity contribution in [2.24, 2.45) is 0 Å². The topological polar surface area (TPSA) is 107 Å². The summed E-state index contributed by atoms with van der Waals surface area (Å²) in [5.74, 6) is -0.412. The molecule has 0 saturated heterocycles. The van der Waals surface area contributed by atoms with Crippen molar-refractivity contribution in [1.82, 2.24) is 4.37 Å². The number of carbonyl (C=O) groups is 2. The van der Waals surface area contributed by atoms with E-state index in [0.717, 1.165) is 17.1 Å². The van der Waals surface area contributed by atoms with E-state index >= 15 is 0 Å². The van der Waals surface area contributed by atoms with Gasteiger partial charge in [-0.1, -0.05) is 0 Å². The molecule has 1 aliphatic rings. The van der Waals surface area contributed by atoms with Gasteiger partial charge < -0.3 is 24.6 Å². The number of carbonyl (C=O) groups excluding carboxylic acids is 1. The van der Waals surface area contributed by atoms with Crippen LogP contribution in [0, 0.1) is 0 Å². The molecule has 132 valence electrons. The zero-order valence-electron chi connectivity index (χ0n) is 13.8. The third kappa shape index (κ3) is 2.86. The number of rotatable bonds is 5. The number of benzene rings is 1. The molecule has 1 aliphatic heterocycles. The van der Waals surface area contributed by atoms with Crippen molar-refractivity contribution in [3.63, 3.8) is 0 Å². The number of carboxylic acids is 1. The van der Waals surface area contributed by atoms with Crippen LogP contribution in [0.2, 0.25) is 0 Å². The smallest absolute Gasteiger partial charge is 0.357 e. The summed E-state index contributed by atoms with van der Waals surface area (Å²) in [6.07, 6.45) is 0.174. The van der Waals surface area contributed by atoms with E-state index in [4.69, 9.17) is 14.2 Å². The van der Waals surface area contributed by atoms with Gasteiger partial charge in [0.2, 0.25) is 11.7 Å². The maximum Gasteiger partial charge on any atom is 0.357 e. The fraction of sp³-hybridized carbons (Fsp3) is 0.312. The molecular formula is C16H16N2O6S. The van der Waals surface area contributed by atoms with Crippen molar-refractivity contribution < 1.29 is 28.9 Å². The average Bonchev–Trinajstić information content (AvgIpc) is 3.03. The molecule has 1 atom stereocenters. The first-order chi connectivity index (χ1) is 12.0. The largest absolute Gasteiger partial charge is 0.493 e. The zero-order valence-corrected chi connectivity index (χ0v) is 14.6. The van der Waals surface area contributed by atoms with Crippen molar-refractivity contribution in [2.75, 3.05) is 26.6 Å². The molecule has 1 aromatic carbocycles. The van der Waals surface area contributed by atoms with Crippen molar-refractivity contribution in [3.8, 4) is 17.2 Å². The fourth-order valence-electron chi connectivity index (χ4n) is 2.85. The molecule has 0 unspecified atom stereocenters. The maximum absolute atomic E-state index is 12.1. The number of hydrogen-bond donors (Lipinski definition) is 2. The lowest BCUT2D eigenvalue weighted by atomic mass is 9.89. The summed E-state index contributed by atoms with van der Waals surface area (Å²) in [6, 6.07) is 3.52. The lowest BCUT2D eigenvalue weighted by Crippen LogP contribution is -2.23. The molecule has 0 radical (unpaired) electrons. The van der Waals surface area contributed by atoms with Crippen LogP contribution in [0.25, 0.3) is 0 Å². The molecule has 3 rings (SSSR count). The lowest BCUT2D eigenvalue weighted by Gasteiger charge is -2.24. The Balaban J connectivity index is 2.14. The number of nitrogens with one attached hydrogen (secondary N) is 1. The minimum Gasteiger partial charge on any atom is -0.493 e. The summed E-state index contributed by atoms with van der Waals surface area (Å²) in [4.78, 5) is 24.1. The van der Waals surface area contributed by atoms with E-state index in [1.807, 2.05) is 0 Å². The van der Waals surface area contributed by atoms with Gasteiger partial charge in [-0.25, -0.2) is 4.79 Å². The summed E-state index contributed by atoms with van der Waals surface area (Å²) in [5.41, 5.74) is 0.865. The Morgan fingerprint density at radius 3 is 2.40 bits per heavy atom. The van der Waals surface area contributed by atoms with E-state index in [0.29, 0.717) is 22.1 Å². The number of anilines is 1. The number of hydrogen-bond acceptors (Lipinski definition) is 7. The summed E-state index contributed by atoms with van der Waals surface area (Å²) < 4.78 is 20.0. The van der Waals surface area contributed by atoms with Crippen LogP contribution >= 0.6 is 11.5 Å². The summed E-state index contributed by atoms with van der Waals surface area (Å²) in [7, 11) is 4.53. The van der Waals surface area contributed by atoms with Gasteiger partial charge in [0.15, 0.2) is 17.2 Å². The van der Waals surface area contributed by atoms with Gasteiger partial charge in [0.05, 0.1) is 31.9 Å². The van der Waals surface area contributed by atoms with Gasteiger partial charge in [-0.3, -0.25) is 4.79 Å². The Kier molecular flexibility index (Phi) is 4.49. The number of ether oxygens (including phenoxy) is 3. The maximum atomic E-state index is 12.1. The lowest BCUT2D eigenvalue weighted by molar-refractivity contribution is -0.116. The second-order valence-electron chi connectivity index (χ2n) is 5.34. The van der Waals surface area contributed by atoms with Gasteiger partial charge in [0, 0.05) is 12.3 Å². The second-order valence-corrected chi connectivity index (χ2v) is 6.14. The molecule has 2 aromatic rings. The standard InChI is InChI=1S/C16H16N2O6S/c1-22-9-4-7(5-10(23-2)14(9)24-3)8-6-11(19)17-12-13(16(20)21)18-25-15(8)12/h4-5,8H,6H2,1-3H3,(H,17,19)(H,20,21)/t8-/m0/s1. The van der Waals surface area contributed by atoms with E-state index in [2.05, 4.69) is 9.69 Å². The fourth-order valence-corrected chi connectivity index (χ4v) is 3.79. The zero-order chi connectivity index (χ0) is 18.1. The van der Waals surface area contributed by atoms with Gasteiger partial charge in [-0.15, -0.1) is 0 Å². The third-order valence-electron chi connectivity index (χ3n) is 3.98. The highest BCUT2D eigenvalue weighted by molar-refractivity contribution is 7.06. The summed E-state index contributed by atoms with van der Waals surface area (Å²) in [5, 5.41) is 11.9. The van der Waals surface area contributed by atoms with Gasteiger partial charge in [-0.05, 0) is 29.2 Å². The number of aromatic nitrogens is 1. The quantitative estimate of drug-likeness (QED) is 0.838. The van der Waals surface area contributed by atoms with Crippen LogP contribution in [0.3, 0.4) is 0 Å². The van der Waals surface area contributed by atoms with Crippen LogP contribution < -0.4 is 19.5 Å². The Labute approximate surface area is 147 Å². The first kappa shape index (κ1) is 17.0. The Bertz CT molecular complexity index is 822. The van der Waals surface area contributed by atoms with Crippen LogP contribution in [0.1, 0.15) is 33.3 Å². The highest BCUT2D eigenvalue weighted by Crippen LogP contribution is 2.46. The number of carboxylic acid groups (broad SMARTS) is 1. The highest BCUT2D eigenvalue weighted by atomic mass is 32.1. The van der Waals surface area contributed by atoms with E-state index in [1.165, 1.54) is 21.3 Å². The predicted molar refractivity (Wildman–Crippen MR) is 90.3 cm³/mol. The first-order valence-corrected chi connectivity index (χ1v) is 8.10. The molecule has 0 spiro atoms. The van der Waals surface area contributed by atoms with Gasteiger partial charge >= 0.3 is 5.97 Å². The molecule has 1 aromatic heterocycles. The van der Waals surface area contributed by atoms with E-state index < -0.39 is 5.97 Å². The molecule has 25 heavy (non-hydrogen) atoms. The average molecular weight is 364 g/mol. The predicted octanol–water partition coefficient (Wildman–Crippen LogP) is 2.34. The number of fused-ring (bicyclic) bond motifs is 1. The van der Waals surface area contributed by atoms with E-state index in [9.17, 15) is 14.7 Å². The van der Waals surface area contributed by atoms with Gasteiger partial charge in [0.1, 0.15) is 0 Å². The molecule has 2 heterocycles. The SMILES string of the molecule is COc1cc([C@@H]2CC(=O)Nc3c(C(=O)O)nsc32)cc(OC)c1OC. The van der Waals surface area contributed by atoms with Gasteiger partial charge in [0.25, 0.3) is 0 Å². The second kappa shape index (κ2) is 6.60. The normalized spacial score (nSPS) is 16.0. The molecule has 0 saturated carbocycles. The molecule has 2 N–H and O–H groups in total. The van der Waals surface area contributed by atoms with Crippen LogP contribution in [0.4, 0.5) is 5.69 Å². The number of methoxy groups -OCH3 is 3. The molecular weight excluding hydrogens is 348 g/mol. The van der Waals surface area contributed by atoms with Crippen molar-refractivity contribution in [3.05, 3.63) is 28.3 Å². The van der Waals surface area contributed by atoms with Crippen LogP contribution in [0.5, 0.6) is 17.2 Å². The Hall–Kier alpha value is -2.81. The van der Waals surface area contributed by atoms with Crippen LogP contribution in [0.15, 0.2) is 12.1 Å². The summed E-state index contributed by atoms with van der Waals surface area (Å²) in [6.45, 7) is 0. The molecule has 9 heteroatoms. The van der Waals surface area contributed by atoms with E-state index in [-0.39, 0.29) is 29.6 Å². The molecule has 8 nitrogen and oxygen atoms in total. The molecule has 1 amide bonds. The highest BCUT2D eigenvalue weighted by Gasteiger charge is 2.34. The van der Waals surface area contributed by atoms with Crippen LogP contribution in [-0.2, 0) is 4.79 Å². The van der Waals surface area contributed by atoms with Crippen molar-refractivity contribution in [1.29, 1.82) is 0 Å². The minimum absolute atomic E-state index is 0.148. The van der Waals surface area contributed by atoms with Crippen molar-refractivity contribution >= 4 is 29.1 Å². The van der Waals surface area contributed by atoms with Gasteiger partial charge in [-0.2, -0.15) is 4.37 Å². The number of nitrogens with zero attached hydrogens (tertiary/aromatic N) is 1. The number of amides is 1. The molecule has 0 aliphatic carbocycles. The summed E-state index contributed by atoms with van der Waals surface area (Å²) >= 11 is 1.06. The Morgan fingerprint density at radius 2 is 1.88 bits per heavy atom. The first-order valence-electron chi connectivity index (χ1n) is 7.32. The monoisotopic (exact) mass is 364 g/mol.